The largest absolute Gasteiger partial charge is 0.497 e. The van der Waals surface area contributed by atoms with Gasteiger partial charge in [0.15, 0.2) is 5.65 Å². The first-order chi connectivity index (χ1) is 19.1. The Morgan fingerprint density at radius 3 is 2.36 bits per heavy atom. The van der Waals surface area contributed by atoms with Gasteiger partial charge in [0.05, 0.1) is 19.9 Å². The van der Waals surface area contributed by atoms with Crippen LogP contribution in [0.25, 0.3) is 22.6 Å². The zero-order valence-corrected chi connectivity index (χ0v) is 22.1. The predicted octanol–water partition coefficient (Wildman–Crippen LogP) is 5.15. The summed E-state index contributed by atoms with van der Waals surface area (Å²) in [6, 6.07) is 24.2. The number of H-pyrrole nitrogens is 1. The Bertz CT molecular complexity index is 1560. The minimum absolute atomic E-state index is 0.0824. The first kappa shape index (κ1) is 24.5. The molecule has 0 unspecified atom stereocenters. The molecule has 0 spiro atoms. The van der Waals surface area contributed by atoms with Crippen molar-refractivity contribution >= 4 is 28.6 Å². The van der Waals surface area contributed by atoms with Crippen LogP contribution in [0.2, 0.25) is 0 Å². The van der Waals surface area contributed by atoms with Crippen LogP contribution in [0.4, 0.5) is 16.2 Å². The van der Waals surface area contributed by atoms with E-state index < -0.39 is 0 Å². The molecule has 0 radical (unpaired) electrons. The Morgan fingerprint density at radius 1 is 0.949 bits per heavy atom. The smallest absolute Gasteiger partial charge is 0.321 e. The lowest BCUT2D eigenvalue weighted by Gasteiger charge is -2.36. The van der Waals surface area contributed by atoms with Crippen molar-refractivity contribution in [2.24, 2.45) is 0 Å². The Morgan fingerprint density at radius 2 is 1.67 bits per heavy atom. The lowest BCUT2D eigenvalue weighted by Crippen LogP contribution is -2.50. The number of nitrogens with one attached hydrogen (secondary N) is 2. The van der Waals surface area contributed by atoms with Crippen molar-refractivity contribution in [3.63, 3.8) is 0 Å². The number of fused-ring (bicyclic) bond motifs is 1. The normalized spacial score (nSPS) is 13.6. The topological polar surface area (TPSA) is 91.3 Å². The number of aromatic amines is 1. The van der Waals surface area contributed by atoms with Crippen molar-refractivity contribution in [1.82, 2.24) is 24.6 Å². The molecule has 1 aliphatic heterocycles. The Labute approximate surface area is 227 Å². The number of imidazole rings is 1. The van der Waals surface area contributed by atoms with Gasteiger partial charge in [0, 0.05) is 43.1 Å². The molecule has 9 heteroatoms. The quantitative estimate of drug-likeness (QED) is 0.323. The maximum Gasteiger partial charge on any atom is 0.321 e. The zero-order valence-electron chi connectivity index (χ0n) is 22.1. The van der Waals surface area contributed by atoms with E-state index in [4.69, 9.17) is 9.72 Å². The Balaban J connectivity index is 1.07. The molecule has 1 fully saturated rings. The highest BCUT2D eigenvalue weighted by Crippen LogP contribution is 2.25. The van der Waals surface area contributed by atoms with Crippen LogP contribution >= 0.6 is 0 Å². The predicted molar refractivity (Wildman–Crippen MR) is 153 cm³/mol. The minimum atomic E-state index is -0.0824. The summed E-state index contributed by atoms with van der Waals surface area (Å²) in [5.41, 5.74) is 7.12. The average molecular weight is 522 g/mol. The second-order valence-electron chi connectivity index (χ2n) is 9.79. The van der Waals surface area contributed by atoms with Crippen molar-refractivity contribution in [3.05, 3.63) is 90.1 Å². The standard InChI is InChI=1S/C30H31N7O2/c1-21-3-5-22(6-4-21)20-37-29-27(19-31-37)33-28(34-29)23-7-11-25(12-8-23)35-15-17-36(18-16-35)30(38)32-24-9-13-26(39-2)14-10-24/h3-14,19H,15-18,20H2,1-2H3,(H,32,38)(H,33,34). The summed E-state index contributed by atoms with van der Waals surface area (Å²) in [6.07, 6.45) is 1.83. The van der Waals surface area contributed by atoms with E-state index >= 15 is 0 Å². The first-order valence-electron chi connectivity index (χ1n) is 13.1. The number of ether oxygens (including phenoxy) is 1. The summed E-state index contributed by atoms with van der Waals surface area (Å²) in [5.74, 6) is 1.59. The van der Waals surface area contributed by atoms with Gasteiger partial charge in [-0.2, -0.15) is 5.10 Å². The van der Waals surface area contributed by atoms with Gasteiger partial charge in [-0.05, 0) is 61.0 Å². The molecule has 2 aromatic heterocycles. The molecule has 1 saturated heterocycles. The molecule has 6 rings (SSSR count). The van der Waals surface area contributed by atoms with Crippen LogP contribution in [0.5, 0.6) is 5.75 Å². The maximum absolute atomic E-state index is 12.7. The highest BCUT2D eigenvalue weighted by atomic mass is 16.5. The summed E-state index contributed by atoms with van der Waals surface area (Å²) in [4.78, 5) is 25.1. The van der Waals surface area contributed by atoms with Crippen molar-refractivity contribution < 1.29 is 9.53 Å². The molecule has 2 N–H and O–H groups in total. The summed E-state index contributed by atoms with van der Waals surface area (Å²) < 4.78 is 7.11. The molecule has 0 atom stereocenters. The molecule has 5 aromatic rings. The third kappa shape index (κ3) is 5.29. The highest BCUT2D eigenvalue weighted by molar-refractivity contribution is 5.89. The van der Waals surface area contributed by atoms with E-state index in [2.05, 4.69) is 75.8 Å². The van der Waals surface area contributed by atoms with E-state index in [1.807, 2.05) is 40.0 Å². The van der Waals surface area contributed by atoms with Crippen molar-refractivity contribution in [3.8, 4) is 17.1 Å². The molecule has 3 heterocycles. The van der Waals surface area contributed by atoms with Crippen molar-refractivity contribution in [2.45, 2.75) is 13.5 Å². The summed E-state index contributed by atoms with van der Waals surface area (Å²) in [7, 11) is 1.62. The number of aryl methyl sites for hydroxylation is 1. The van der Waals surface area contributed by atoms with Crippen LogP contribution in [-0.4, -0.2) is 64.0 Å². The summed E-state index contributed by atoms with van der Waals surface area (Å²) in [6.45, 7) is 5.63. The van der Waals surface area contributed by atoms with E-state index in [1.165, 1.54) is 11.1 Å². The molecular weight excluding hydrogens is 490 g/mol. The van der Waals surface area contributed by atoms with Gasteiger partial charge in [0.2, 0.25) is 0 Å². The number of nitrogens with zero attached hydrogens (tertiary/aromatic N) is 5. The number of hydrogen-bond acceptors (Lipinski definition) is 5. The average Bonchev–Trinajstić information content (AvgIpc) is 3.57. The van der Waals surface area contributed by atoms with Gasteiger partial charge in [-0.25, -0.2) is 14.5 Å². The van der Waals surface area contributed by atoms with E-state index in [-0.39, 0.29) is 6.03 Å². The monoisotopic (exact) mass is 521 g/mol. The molecule has 1 aliphatic rings. The molecular formula is C30H31N7O2. The van der Waals surface area contributed by atoms with E-state index in [0.29, 0.717) is 19.6 Å². The van der Waals surface area contributed by atoms with Gasteiger partial charge >= 0.3 is 6.03 Å². The number of hydrogen-bond donors (Lipinski definition) is 2. The fraction of sp³-hybridized carbons (Fsp3) is 0.233. The minimum Gasteiger partial charge on any atom is -0.497 e. The van der Waals surface area contributed by atoms with Gasteiger partial charge in [0.1, 0.15) is 17.1 Å². The first-order valence-corrected chi connectivity index (χ1v) is 13.1. The summed E-state index contributed by atoms with van der Waals surface area (Å²) in [5, 5.41) is 7.48. The van der Waals surface area contributed by atoms with Crippen LogP contribution in [0.15, 0.2) is 79.0 Å². The zero-order chi connectivity index (χ0) is 26.8. The second kappa shape index (κ2) is 10.5. The molecule has 0 saturated carbocycles. The molecule has 2 amide bonds. The number of piperazine rings is 1. The number of anilines is 2. The molecule has 39 heavy (non-hydrogen) atoms. The maximum atomic E-state index is 12.7. The molecule has 9 nitrogen and oxygen atoms in total. The van der Waals surface area contributed by atoms with Crippen LogP contribution in [0, 0.1) is 6.92 Å². The van der Waals surface area contributed by atoms with Crippen LogP contribution in [-0.2, 0) is 6.54 Å². The Hall–Kier alpha value is -4.79. The highest BCUT2D eigenvalue weighted by Gasteiger charge is 2.21. The molecule has 198 valence electrons. The third-order valence-electron chi connectivity index (χ3n) is 7.15. The fourth-order valence-electron chi connectivity index (χ4n) is 4.84. The van der Waals surface area contributed by atoms with Gasteiger partial charge in [-0.15, -0.1) is 0 Å². The number of urea groups is 1. The lowest BCUT2D eigenvalue weighted by molar-refractivity contribution is 0.208. The number of rotatable bonds is 6. The fourth-order valence-corrected chi connectivity index (χ4v) is 4.84. The number of methoxy groups -OCH3 is 1. The number of carbonyl (C=O) groups is 1. The van der Waals surface area contributed by atoms with Gasteiger partial charge in [-0.1, -0.05) is 29.8 Å². The third-order valence-corrected chi connectivity index (χ3v) is 7.15. The van der Waals surface area contributed by atoms with Crippen LogP contribution < -0.4 is 15.0 Å². The SMILES string of the molecule is COc1ccc(NC(=O)N2CCN(c3ccc(-c4nc5c(cnn5Cc5ccc(C)cc5)[nH]4)cc3)CC2)cc1. The number of amides is 2. The van der Waals surface area contributed by atoms with E-state index in [9.17, 15) is 4.79 Å². The van der Waals surface area contributed by atoms with E-state index in [0.717, 1.165) is 52.8 Å². The van der Waals surface area contributed by atoms with Gasteiger partial charge in [-0.3, -0.25) is 0 Å². The second-order valence-corrected chi connectivity index (χ2v) is 9.79. The number of carbonyl (C=O) groups excluding carboxylic acids is 1. The van der Waals surface area contributed by atoms with Crippen molar-refractivity contribution in [2.75, 3.05) is 43.5 Å². The van der Waals surface area contributed by atoms with Crippen LogP contribution in [0.3, 0.4) is 0 Å². The number of aromatic nitrogens is 4. The van der Waals surface area contributed by atoms with Crippen LogP contribution in [0.1, 0.15) is 11.1 Å². The van der Waals surface area contributed by atoms with E-state index in [1.54, 1.807) is 7.11 Å². The Kier molecular flexibility index (Phi) is 6.62. The lowest BCUT2D eigenvalue weighted by atomic mass is 10.1. The number of benzene rings is 3. The van der Waals surface area contributed by atoms with Gasteiger partial charge < -0.3 is 24.8 Å². The summed E-state index contributed by atoms with van der Waals surface area (Å²) >= 11 is 0. The molecule has 0 aliphatic carbocycles. The molecule has 0 bridgehead atoms. The molecule has 3 aromatic carbocycles. The van der Waals surface area contributed by atoms with Gasteiger partial charge in [0.25, 0.3) is 0 Å². The van der Waals surface area contributed by atoms with Crippen molar-refractivity contribution in [1.29, 1.82) is 0 Å².